The van der Waals surface area contributed by atoms with E-state index in [4.69, 9.17) is 20.5 Å². The molecule has 0 heterocycles. The predicted molar refractivity (Wildman–Crippen MR) is 140 cm³/mol. The molecule has 0 amide bonds. The first kappa shape index (κ1) is 27.3. The van der Waals surface area contributed by atoms with Gasteiger partial charge < -0.3 is 8.85 Å². The van der Waals surface area contributed by atoms with E-state index in [0.29, 0.717) is 5.88 Å². The molecule has 1 aromatic carbocycles. The topological polar surface area (TPSA) is 18.5 Å². The summed E-state index contributed by atoms with van der Waals surface area (Å²) in [5, 5.41) is 0.310. The maximum absolute atomic E-state index is 6.77. The van der Waals surface area contributed by atoms with Crippen LogP contribution in [0.15, 0.2) is 30.4 Å². The lowest BCUT2D eigenvalue weighted by molar-refractivity contribution is 0.470. The molecule has 0 saturated carbocycles. The molecule has 0 radical (unpaired) electrons. The summed E-state index contributed by atoms with van der Waals surface area (Å²) in [7, 11) is -3.85. The van der Waals surface area contributed by atoms with Gasteiger partial charge in [0.1, 0.15) is 11.5 Å². The minimum absolute atomic E-state index is 0.148. The summed E-state index contributed by atoms with van der Waals surface area (Å²) >= 11 is 5.85. The van der Waals surface area contributed by atoms with Crippen molar-refractivity contribution in [2.75, 3.05) is 5.88 Å². The van der Waals surface area contributed by atoms with Crippen molar-refractivity contribution in [1.82, 2.24) is 0 Å². The molecule has 1 aromatic rings. The Morgan fingerprint density at radius 3 is 1.93 bits per heavy atom. The van der Waals surface area contributed by atoms with Gasteiger partial charge in [0.15, 0.2) is 0 Å². The number of hydrogen-bond acceptors (Lipinski definition) is 2. The molecule has 0 bridgehead atoms. The van der Waals surface area contributed by atoms with Gasteiger partial charge in [-0.1, -0.05) is 59.8 Å². The SMILES string of the molecule is C=C(CCCl)CCCc1ccc(O[Si](C)(C)C(C)(C)C)cc1O[Si](C)(C)C(C)(C)C. The Morgan fingerprint density at radius 2 is 1.43 bits per heavy atom. The Morgan fingerprint density at radius 1 is 0.900 bits per heavy atom. The molecule has 0 fully saturated rings. The Kier molecular flexibility index (Phi) is 9.35. The summed E-state index contributed by atoms with van der Waals surface area (Å²) in [5.41, 5.74) is 2.50. The van der Waals surface area contributed by atoms with E-state index in [-0.39, 0.29) is 10.1 Å². The Hall–Kier alpha value is -0.716. The van der Waals surface area contributed by atoms with Crippen LogP contribution in [0.25, 0.3) is 0 Å². The van der Waals surface area contributed by atoms with Gasteiger partial charge in [-0.15, -0.1) is 11.6 Å². The molecular weight excluding hydrogens is 424 g/mol. The maximum Gasteiger partial charge on any atom is 0.250 e. The fourth-order valence-corrected chi connectivity index (χ4v) is 4.90. The van der Waals surface area contributed by atoms with Crippen LogP contribution in [0.2, 0.25) is 36.3 Å². The molecule has 172 valence electrons. The molecular formula is C25H45ClO2Si2. The lowest BCUT2D eigenvalue weighted by atomic mass is 10.0. The number of allylic oxidation sites excluding steroid dienone is 1. The van der Waals surface area contributed by atoms with Crippen LogP contribution in [-0.2, 0) is 6.42 Å². The average molecular weight is 469 g/mol. The molecule has 5 heteroatoms. The second-order valence-corrected chi connectivity index (χ2v) is 21.4. The standard InChI is InChI=1S/C25H45ClO2Si2/c1-20(17-18-26)13-12-14-21-15-16-22(27-29(8,9)24(2,3)4)19-23(21)28-30(10,11)25(5,6)7/h15-16,19H,1,12-14,17-18H2,2-11H3. The Balaban J connectivity index is 3.16. The molecule has 0 unspecified atom stereocenters. The number of halogens is 1. The van der Waals surface area contributed by atoms with Crippen molar-refractivity contribution in [1.29, 1.82) is 0 Å². The van der Waals surface area contributed by atoms with E-state index in [2.05, 4.69) is 92.5 Å². The van der Waals surface area contributed by atoms with Gasteiger partial charge in [-0.3, -0.25) is 0 Å². The summed E-state index contributed by atoms with van der Waals surface area (Å²) in [6.07, 6.45) is 3.94. The second kappa shape index (κ2) is 10.3. The van der Waals surface area contributed by atoms with Crippen LogP contribution in [-0.4, -0.2) is 22.5 Å². The zero-order valence-electron chi connectivity index (χ0n) is 21.2. The van der Waals surface area contributed by atoms with Crippen molar-refractivity contribution < 1.29 is 8.85 Å². The molecule has 0 atom stereocenters. The first-order chi connectivity index (χ1) is 13.5. The largest absolute Gasteiger partial charge is 0.543 e. The highest BCUT2D eigenvalue weighted by Crippen LogP contribution is 2.41. The third-order valence-electron chi connectivity index (χ3n) is 6.81. The van der Waals surface area contributed by atoms with Crippen LogP contribution in [0.3, 0.4) is 0 Å². The van der Waals surface area contributed by atoms with Gasteiger partial charge in [-0.2, -0.15) is 0 Å². The molecule has 0 aliphatic heterocycles. The summed E-state index contributed by atoms with van der Waals surface area (Å²) in [6.45, 7) is 27.0. The van der Waals surface area contributed by atoms with E-state index in [9.17, 15) is 0 Å². The molecule has 0 N–H and O–H groups in total. The van der Waals surface area contributed by atoms with Gasteiger partial charge in [-0.25, -0.2) is 0 Å². The highest BCUT2D eigenvalue weighted by molar-refractivity contribution is 6.75. The molecule has 0 spiro atoms. The number of aryl methyl sites for hydroxylation is 1. The van der Waals surface area contributed by atoms with E-state index in [1.54, 1.807) is 0 Å². The maximum atomic E-state index is 6.77. The number of rotatable bonds is 10. The summed E-state index contributed by atoms with van der Waals surface area (Å²) < 4.78 is 13.4. The third-order valence-corrected chi connectivity index (χ3v) is 15.7. The Bertz CT molecular complexity index is 713. The molecule has 2 nitrogen and oxygen atoms in total. The highest BCUT2D eigenvalue weighted by atomic mass is 35.5. The van der Waals surface area contributed by atoms with Crippen LogP contribution < -0.4 is 8.85 Å². The molecule has 0 saturated heterocycles. The van der Waals surface area contributed by atoms with Crippen molar-refractivity contribution in [2.45, 2.75) is 103 Å². The van der Waals surface area contributed by atoms with E-state index in [1.165, 1.54) is 11.1 Å². The first-order valence-corrected chi connectivity index (χ1v) is 17.6. The smallest absolute Gasteiger partial charge is 0.250 e. The van der Waals surface area contributed by atoms with Gasteiger partial charge in [0.2, 0.25) is 16.6 Å². The first-order valence-electron chi connectivity index (χ1n) is 11.2. The quantitative estimate of drug-likeness (QED) is 0.194. The van der Waals surface area contributed by atoms with Crippen LogP contribution in [0.4, 0.5) is 0 Å². The molecule has 1 rings (SSSR count). The minimum Gasteiger partial charge on any atom is -0.543 e. The average Bonchev–Trinajstić information content (AvgIpc) is 2.54. The molecule has 0 aromatic heterocycles. The van der Waals surface area contributed by atoms with Crippen LogP contribution >= 0.6 is 11.6 Å². The molecule has 30 heavy (non-hydrogen) atoms. The van der Waals surface area contributed by atoms with E-state index < -0.39 is 16.6 Å². The van der Waals surface area contributed by atoms with Crippen LogP contribution in [0, 0.1) is 0 Å². The summed E-state index contributed by atoms with van der Waals surface area (Å²) in [6, 6.07) is 6.47. The second-order valence-electron chi connectivity index (χ2n) is 11.5. The molecule has 0 aliphatic carbocycles. The van der Waals surface area contributed by atoms with Crippen LogP contribution in [0.1, 0.15) is 66.4 Å². The van der Waals surface area contributed by atoms with Crippen molar-refractivity contribution in [3.05, 3.63) is 35.9 Å². The van der Waals surface area contributed by atoms with E-state index in [1.807, 2.05) is 0 Å². The minimum atomic E-state index is -1.95. The van der Waals surface area contributed by atoms with Crippen molar-refractivity contribution in [3.63, 3.8) is 0 Å². The monoisotopic (exact) mass is 468 g/mol. The number of benzene rings is 1. The normalized spacial score (nSPS) is 13.3. The number of alkyl halides is 1. The van der Waals surface area contributed by atoms with E-state index >= 15 is 0 Å². The highest BCUT2D eigenvalue weighted by Gasteiger charge is 2.40. The number of hydrogen-bond donors (Lipinski definition) is 0. The lowest BCUT2D eigenvalue weighted by Gasteiger charge is -2.38. The predicted octanol–water partition coefficient (Wildman–Crippen LogP) is 8.96. The zero-order chi connectivity index (χ0) is 23.4. The van der Waals surface area contributed by atoms with Gasteiger partial charge >= 0.3 is 0 Å². The van der Waals surface area contributed by atoms with Crippen molar-refractivity contribution in [3.8, 4) is 11.5 Å². The Labute approximate surface area is 193 Å². The van der Waals surface area contributed by atoms with Gasteiger partial charge in [0.05, 0.1) is 0 Å². The fraction of sp³-hybridized carbons (Fsp3) is 0.680. The summed E-state index contributed by atoms with van der Waals surface area (Å²) in [5.74, 6) is 2.59. The molecule has 0 aliphatic rings. The van der Waals surface area contributed by atoms with Gasteiger partial charge in [0.25, 0.3) is 0 Å². The third kappa shape index (κ3) is 7.76. The lowest BCUT2D eigenvalue weighted by Crippen LogP contribution is -2.44. The van der Waals surface area contributed by atoms with E-state index in [0.717, 1.165) is 37.2 Å². The fourth-order valence-electron chi connectivity index (χ4n) is 2.56. The van der Waals surface area contributed by atoms with Gasteiger partial charge in [-0.05, 0) is 73.6 Å². The summed E-state index contributed by atoms with van der Waals surface area (Å²) in [4.78, 5) is 0. The zero-order valence-corrected chi connectivity index (χ0v) is 23.9. The van der Waals surface area contributed by atoms with Gasteiger partial charge in [0, 0.05) is 11.9 Å². The van der Waals surface area contributed by atoms with Crippen molar-refractivity contribution >= 4 is 28.2 Å². The van der Waals surface area contributed by atoms with Crippen molar-refractivity contribution in [2.24, 2.45) is 0 Å². The van der Waals surface area contributed by atoms with Crippen LogP contribution in [0.5, 0.6) is 11.5 Å².